The zero-order valence-electron chi connectivity index (χ0n) is 15.5. The van der Waals surface area contributed by atoms with Gasteiger partial charge in [0.15, 0.2) is 0 Å². The maximum atomic E-state index is 11.9. The zero-order chi connectivity index (χ0) is 19.5. The maximum absolute atomic E-state index is 11.9. The third-order valence-electron chi connectivity index (χ3n) is 4.42. The van der Waals surface area contributed by atoms with E-state index in [-0.39, 0.29) is 30.7 Å². The van der Waals surface area contributed by atoms with Crippen LogP contribution in [0.4, 0.5) is 0 Å². The molecule has 0 spiro atoms. The second kappa shape index (κ2) is 8.25. The van der Waals surface area contributed by atoms with Gasteiger partial charge in [-0.25, -0.2) is 4.79 Å². The van der Waals surface area contributed by atoms with Gasteiger partial charge in [-0.15, -0.1) is 0 Å². The van der Waals surface area contributed by atoms with Crippen molar-refractivity contribution in [3.63, 3.8) is 0 Å². The molecule has 0 bridgehead atoms. The van der Waals surface area contributed by atoms with E-state index in [2.05, 4.69) is 0 Å². The molecule has 0 aromatic heterocycles. The first-order valence-corrected chi connectivity index (χ1v) is 10.2. The number of phenolic OH excluding ortho intramolecular Hbond substituents is 1. The molecule has 8 heteroatoms. The van der Waals surface area contributed by atoms with Crippen LogP contribution in [0.1, 0.15) is 47.3 Å². The predicted molar refractivity (Wildman–Crippen MR) is 96.9 cm³/mol. The Labute approximate surface area is 153 Å². The van der Waals surface area contributed by atoms with E-state index >= 15 is 0 Å². The number of allylic oxidation sites excluding steroid dienone is 2. The number of carbonyl (C=O) groups is 1. The highest BCUT2D eigenvalue weighted by Gasteiger charge is 2.31. The molecule has 1 atom stereocenters. The number of hydrogen-bond acceptors (Lipinski definition) is 6. The van der Waals surface area contributed by atoms with E-state index in [4.69, 9.17) is 14.0 Å². The number of esters is 1. The average molecular weight is 384 g/mol. The molecule has 1 aromatic carbocycles. The molecule has 0 radical (unpaired) electrons. The fourth-order valence-corrected chi connectivity index (χ4v) is 4.16. The molecular weight excluding hydrogens is 359 g/mol. The van der Waals surface area contributed by atoms with Gasteiger partial charge in [0.2, 0.25) is 0 Å². The van der Waals surface area contributed by atoms with Crippen molar-refractivity contribution in [2.75, 3.05) is 19.9 Å². The minimum absolute atomic E-state index is 0.0296. The van der Waals surface area contributed by atoms with Gasteiger partial charge in [-0.3, -0.25) is 4.57 Å². The van der Waals surface area contributed by atoms with Crippen LogP contribution in [0.15, 0.2) is 11.6 Å². The average Bonchev–Trinajstić information content (AvgIpc) is 2.97. The summed E-state index contributed by atoms with van der Waals surface area (Å²) in [6.45, 7) is 5.64. The third-order valence-corrected chi connectivity index (χ3v) is 5.87. The lowest BCUT2D eigenvalue weighted by Gasteiger charge is -2.16. The highest BCUT2D eigenvalue weighted by Crippen LogP contribution is 2.44. The van der Waals surface area contributed by atoms with Crippen LogP contribution in [0.3, 0.4) is 0 Å². The SMILES string of the molecule is CCOP(=O)(O)CCC(C)=CCc1c(O)c2c(c(C)c1OC)COC2=O. The number of methoxy groups -OCH3 is 1. The van der Waals surface area contributed by atoms with E-state index in [1.54, 1.807) is 6.92 Å². The van der Waals surface area contributed by atoms with Gasteiger partial charge in [0.1, 0.15) is 23.7 Å². The van der Waals surface area contributed by atoms with Crippen molar-refractivity contribution in [2.45, 2.75) is 40.2 Å². The highest BCUT2D eigenvalue weighted by molar-refractivity contribution is 7.52. The molecule has 1 aliphatic heterocycles. The minimum atomic E-state index is -3.57. The van der Waals surface area contributed by atoms with Crippen LogP contribution in [-0.4, -0.2) is 35.8 Å². The summed E-state index contributed by atoms with van der Waals surface area (Å²) in [6, 6.07) is 0. The molecule has 1 heterocycles. The molecule has 0 amide bonds. The fraction of sp³-hybridized carbons (Fsp3) is 0.500. The summed E-state index contributed by atoms with van der Waals surface area (Å²) in [7, 11) is -2.06. The minimum Gasteiger partial charge on any atom is -0.507 e. The van der Waals surface area contributed by atoms with Crippen molar-refractivity contribution in [3.05, 3.63) is 33.9 Å². The first-order valence-electron chi connectivity index (χ1n) is 8.42. The van der Waals surface area contributed by atoms with Crippen molar-refractivity contribution in [1.29, 1.82) is 0 Å². The van der Waals surface area contributed by atoms with Gasteiger partial charge < -0.3 is 24.0 Å². The Morgan fingerprint density at radius 1 is 1.42 bits per heavy atom. The summed E-state index contributed by atoms with van der Waals surface area (Å²) < 4.78 is 27.1. The summed E-state index contributed by atoms with van der Waals surface area (Å²) in [5.41, 5.74) is 2.98. The second-order valence-electron chi connectivity index (χ2n) is 6.20. The number of carbonyl (C=O) groups excluding carboxylic acids is 1. The lowest BCUT2D eigenvalue weighted by atomic mass is 9.95. The lowest BCUT2D eigenvalue weighted by Crippen LogP contribution is -2.03. The van der Waals surface area contributed by atoms with Crippen molar-refractivity contribution in [2.24, 2.45) is 0 Å². The molecule has 2 rings (SSSR count). The van der Waals surface area contributed by atoms with Crippen molar-refractivity contribution >= 4 is 13.6 Å². The Kier molecular flexibility index (Phi) is 6.50. The molecule has 0 saturated heterocycles. The summed E-state index contributed by atoms with van der Waals surface area (Å²) in [5.74, 6) is -0.148. The van der Waals surface area contributed by atoms with Gasteiger partial charge in [-0.1, -0.05) is 11.6 Å². The predicted octanol–water partition coefficient (Wildman–Crippen LogP) is 3.48. The molecule has 7 nitrogen and oxygen atoms in total. The van der Waals surface area contributed by atoms with Crippen LogP contribution in [-0.2, 0) is 26.9 Å². The van der Waals surface area contributed by atoms with Crippen LogP contribution in [0.5, 0.6) is 11.5 Å². The number of cyclic esters (lactones) is 1. The molecule has 2 N–H and O–H groups in total. The Morgan fingerprint density at radius 3 is 2.73 bits per heavy atom. The Bertz CT molecular complexity index is 782. The van der Waals surface area contributed by atoms with Crippen LogP contribution in [0, 0.1) is 6.92 Å². The quantitative estimate of drug-likeness (QED) is 0.402. The van der Waals surface area contributed by atoms with Crippen molar-refractivity contribution in [1.82, 2.24) is 0 Å². The van der Waals surface area contributed by atoms with Crippen molar-refractivity contribution < 1.29 is 33.4 Å². The number of ether oxygens (including phenoxy) is 2. The second-order valence-corrected chi connectivity index (χ2v) is 8.18. The van der Waals surface area contributed by atoms with E-state index in [1.807, 2.05) is 19.9 Å². The zero-order valence-corrected chi connectivity index (χ0v) is 16.4. The Morgan fingerprint density at radius 2 is 2.12 bits per heavy atom. The molecule has 26 heavy (non-hydrogen) atoms. The Balaban J connectivity index is 2.24. The molecule has 1 aromatic rings. The fourth-order valence-electron chi connectivity index (χ4n) is 2.99. The monoisotopic (exact) mass is 384 g/mol. The van der Waals surface area contributed by atoms with Gasteiger partial charge in [-0.2, -0.15) is 0 Å². The Hall–Kier alpha value is -1.82. The number of hydrogen-bond donors (Lipinski definition) is 2. The number of fused-ring (bicyclic) bond motifs is 1. The molecule has 1 aliphatic rings. The van der Waals surface area contributed by atoms with E-state index in [0.717, 1.165) is 11.1 Å². The van der Waals surface area contributed by atoms with E-state index < -0.39 is 13.6 Å². The largest absolute Gasteiger partial charge is 0.507 e. The van der Waals surface area contributed by atoms with Crippen LogP contribution in [0.25, 0.3) is 0 Å². The third kappa shape index (κ3) is 4.29. The first-order chi connectivity index (χ1) is 12.2. The summed E-state index contributed by atoms with van der Waals surface area (Å²) >= 11 is 0. The van der Waals surface area contributed by atoms with E-state index in [1.165, 1.54) is 7.11 Å². The van der Waals surface area contributed by atoms with Gasteiger partial charge in [0, 0.05) is 11.1 Å². The van der Waals surface area contributed by atoms with Gasteiger partial charge in [0.25, 0.3) is 0 Å². The molecule has 0 saturated carbocycles. The smallest absolute Gasteiger partial charge is 0.342 e. The number of benzene rings is 1. The normalized spacial score (nSPS) is 16.2. The van der Waals surface area contributed by atoms with Gasteiger partial charge >= 0.3 is 13.6 Å². The highest BCUT2D eigenvalue weighted by atomic mass is 31.2. The number of rotatable bonds is 8. The first kappa shape index (κ1) is 20.5. The standard InChI is InChI=1S/C18H25O7P/c1-5-25-26(21,22)9-8-11(2)6-7-13-16(19)15-14(10-24-18(15)20)12(3)17(13)23-4/h6,19H,5,7-10H2,1-4H3,(H,21,22). The van der Waals surface area contributed by atoms with Crippen molar-refractivity contribution in [3.8, 4) is 11.5 Å². The number of aromatic hydroxyl groups is 1. The molecule has 144 valence electrons. The summed E-state index contributed by atoms with van der Waals surface area (Å²) in [4.78, 5) is 21.5. The van der Waals surface area contributed by atoms with Gasteiger partial charge in [0.05, 0.1) is 19.9 Å². The van der Waals surface area contributed by atoms with Crippen LogP contribution >= 0.6 is 7.60 Å². The van der Waals surface area contributed by atoms with Crippen LogP contribution in [0.2, 0.25) is 0 Å². The molecule has 0 aliphatic carbocycles. The van der Waals surface area contributed by atoms with E-state index in [9.17, 15) is 19.4 Å². The lowest BCUT2D eigenvalue weighted by molar-refractivity contribution is 0.0533. The van der Waals surface area contributed by atoms with Gasteiger partial charge in [-0.05, 0) is 39.2 Å². The summed E-state index contributed by atoms with van der Waals surface area (Å²) in [6.07, 6.45) is 2.59. The molecule has 0 fully saturated rings. The number of phenols is 1. The maximum Gasteiger partial charge on any atom is 0.342 e. The molecule has 1 unspecified atom stereocenters. The van der Waals surface area contributed by atoms with Crippen LogP contribution < -0.4 is 4.74 Å². The van der Waals surface area contributed by atoms with E-state index in [0.29, 0.717) is 29.7 Å². The summed E-state index contributed by atoms with van der Waals surface area (Å²) in [5, 5.41) is 10.5. The topological polar surface area (TPSA) is 102 Å². The molecular formula is C18H25O7P.